The van der Waals surface area contributed by atoms with Gasteiger partial charge in [0.15, 0.2) is 0 Å². The number of nitrogens with zero attached hydrogens (tertiary/aromatic N) is 1. The lowest BCUT2D eigenvalue weighted by atomic mass is 10.1. The van der Waals surface area contributed by atoms with Crippen LogP contribution in [0, 0.1) is 6.92 Å². The first-order valence-electron chi connectivity index (χ1n) is 4.92. The standard InChI is InChI=1S/C11H18N2/c1-4-11(13-5-2)10-6-9(3)7-12-8-10/h6-8,11,13H,4-5H2,1-3H3. The van der Waals surface area contributed by atoms with Crippen molar-refractivity contribution in [3.05, 3.63) is 29.6 Å². The Bertz CT molecular complexity index is 258. The Kier molecular flexibility index (Phi) is 3.90. The summed E-state index contributed by atoms with van der Waals surface area (Å²) in [5, 5.41) is 3.44. The van der Waals surface area contributed by atoms with Crippen molar-refractivity contribution in [1.29, 1.82) is 0 Å². The van der Waals surface area contributed by atoms with Crippen molar-refractivity contribution in [2.24, 2.45) is 0 Å². The van der Waals surface area contributed by atoms with E-state index in [0.29, 0.717) is 6.04 Å². The van der Waals surface area contributed by atoms with Crippen LogP contribution < -0.4 is 5.32 Å². The quantitative estimate of drug-likeness (QED) is 0.766. The normalized spacial score (nSPS) is 12.8. The highest BCUT2D eigenvalue weighted by atomic mass is 14.9. The highest BCUT2D eigenvalue weighted by Gasteiger charge is 2.06. The molecular formula is C11H18N2. The molecule has 0 aliphatic carbocycles. The second-order valence-electron chi connectivity index (χ2n) is 3.31. The molecule has 0 bridgehead atoms. The van der Waals surface area contributed by atoms with Gasteiger partial charge in [-0.1, -0.05) is 19.9 Å². The Morgan fingerprint density at radius 1 is 1.38 bits per heavy atom. The van der Waals surface area contributed by atoms with E-state index in [1.807, 2.05) is 12.4 Å². The molecule has 1 rings (SSSR count). The molecule has 2 nitrogen and oxygen atoms in total. The van der Waals surface area contributed by atoms with Crippen molar-refractivity contribution in [3.8, 4) is 0 Å². The third kappa shape index (κ3) is 2.81. The average molecular weight is 178 g/mol. The molecule has 0 saturated heterocycles. The summed E-state index contributed by atoms with van der Waals surface area (Å²) in [6, 6.07) is 2.65. The van der Waals surface area contributed by atoms with Gasteiger partial charge in [-0.25, -0.2) is 0 Å². The molecule has 2 heteroatoms. The zero-order valence-electron chi connectivity index (χ0n) is 8.67. The number of aromatic nitrogens is 1. The fourth-order valence-corrected chi connectivity index (χ4v) is 1.51. The number of rotatable bonds is 4. The molecule has 72 valence electrons. The van der Waals surface area contributed by atoms with Crippen LogP contribution in [0.5, 0.6) is 0 Å². The second kappa shape index (κ2) is 4.97. The number of hydrogen-bond donors (Lipinski definition) is 1. The lowest BCUT2D eigenvalue weighted by Crippen LogP contribution is -2.20. The van der Waals surface area contributed by atoms with E-state index < -0.39 is 0 Å². The summed E-state index contributed by atoms with van der Waals surface area (Å²) in [5.41, 5.74) is 2.53. The van der Waals surface area contributed by atoms with Gasteiger partial charge in [0.05, 0.1) is 0 Å². The molecule has 0 radical (unpaired) electrons. The fraction of sp³-hybridized carbons (Fsp3) is 0.545. The topological polar surface area (TPSA) is 24.9 Å². The van der Waals surface area contributed by atoms with Crippen LogP contribution in [-0.4, -0.2) is 11.5 Å². The van der Waals surface area contributed by atoms with Gasteiger partial charge in [0.2, 0.25) is 0 Å². The minimum atomic E-state index is 0.456. The van der Waals surface area contributed by atoms with Crippen LogP contribution in [0.25, 0.3) is 0 Å². The average Bonchev–Trinajstić information content (AvgIpc) is 2.14. The van der Waals surface area contributed by atoms with Gasteiger partial charge < -0.3 is 5.32 Å². The Labute approximate surface area is 80.4 Å². The van der Waals surface area contributed by atoms with Gasteiger partial charge in [-0.15, -0.1) is 0 Å². The zero-order chi connectivity index (χ0) is 9.68. The highest BCUT2D eigenvalue weighted by Crippen LogP contribution is 2.15. The number of hydrogen-bond acceptors (Lipinski definition) is 2. The maximum Gasteiger partial charge on any atom is 0.0332 e. The van der Waals surface area contributed by atoms with E-state index in [9.17, 15) is 0 Å². The third-order valence-electron chi connectivity index (χ3n) is 2.16. The molecule has 0 spiro atoms. The second-order valence-corrected chi connectivity index (χ2v) is 3.31. The van der Waals surface area contributed by atoms with Crippen molar-refractivity contribution >= 4 is 0 Å². The Morgan fingerprint density at radius 3 is 2.69 bits per heavy atom. The molecule has 0 aliphatic heterocycles. The maximum absolute atomic E-state index is 4.20. The number of aryl methyl sites for hydroxylation is 1. The molecule has 0 fully saturated rings. The van der Waals surface area contributed by atoms with Crippen LogP contribution >= 0.6 is 0 Å². The minimum Gasteiger partial charge on any atom is -0.310 e. The largest absolute Gasteiger partial charge is 0.310 e. The van der Waals surface area contributed by atoms with Crippen LogP contribution in [0.4, 0.5) is 0 Å². The van der Waals surface area contributed by atoms with Gasteiger partial charge in [-0.05, 0) is 31.0 Å². The first-order valence-corrected chi connectivity index (χ1v) is 4.92. The molecule has 1 atom stereocenters. The van der Waals surface area contributed by atoms with E-state index in [4.69, 9.17) is 0 Å². The first-order chi connectivity index (χ1) is 6.27. The summed E-state index contributed by atoms with van der Waals surface area (Å²) >= 11 is 0. The van der Waals surface area contributed by atoms with Crippen LogP contribution in [-0.2, 0) is 0 Å². The molecule has 1 N–H and O–H groups in total. The lowest BCUT2D eigenvalue weighted by molar-refractivity contribution is 0.535. The predicted molar refractivity (Wildman–Crippen MR) is 55.7 cm³/mol. The summed E-state index contributed by atoms with van der Waals surface area (Å²) in [5.74, 6) is 0. The van der Waals surface area contributed by atoms with Crippen molar-refractivity contribution < 1.29 is 0 Å². The lowest BCUT2D eigenvalue weighted by Gasteiger charge is -2.15. The summed E-state index contributed by atoms with van der Waals surface area (Å²) in [4.78, 5) is 4.20. The molecule has 0 aromatic carbocycles. The summed E-state index contributed by atoms with van der Waals surface area (Å²) in [6.07, 6.45) is 4.95. The van der Waals surface area contributed by atoms with Crippen LogP contribution in [0.15, 0.2) is 18.5 Å². The summed E-state index contributed by atoms with van der Waals surface area (Å²) in [6.45, 7) is 7.41. The third-order valence-corrected chi connectivity index (χ3v) is 2.16. The number of pyridine rings is 1. The van der Waals surface area contributed by atoms with Gasteiger partial charge >= 0.3 is 0 Å². The van der Waals surface area contributed by atoms with Crippen molar-refractivity contribution in [3.63, 3.8) is 0 Å². The van der Waals surface area contributed by atoms with Crippen LogP contribution in [0.3, 0.4) is 0 Å². The van der Waals surface area contributed by atoms with Crippen LogP contribution in [0.1, 0.15) is 37.4 Å². The van der Waals surface area contributed by atoms with E-state index in [1.54, 1.807) is 0 Å². The summed E-state index contributed by atoms with van der Waals surface area (Å²) < 4.78 is 0. The van der Waals surface area contributed by atoms with Crippen molar-refractivity contribution in [1.82, 2.24) is 10.3 Å². The van der Waals surface area contributed by atoms with E-state index >= 15 is 0 Å². The Balaban J connectivity index is 2.78. The minimum absolute atomic E-state index is 0.456. The maximum atomic E-state index is 4.20. The predicted octanol–water partition coefficient (Wildman–Crippen LogP) is 2.45. The van der Waals surface area contributed by atoms with E-state index in [-0.39, 0.29) is 0 Å². The number of nitrogens with one attached hydrogen (secondary N) is 1. The molecular weight excluding hydrogens is 160 g/mol. The SMILES string of the molecule is CCNC(CC)c1cncc(C)c1. The van der Waals surface area contributed by atoms with Crippen molar-refractivity contribution in [2.45, 2.75) is 33.2 Å². The smallest absolute Gasteiger partial charge is 0.0332 e. The first kappa shape index (κ1) is 10.2. The molecule has 13 heavy (non-hydrogen) atoms. The monoisotopic (exact) mass is 178 g/mol. The zero-order valence-corrected chi connectivity index (χ0v) is 8.67. The van der Waals surface area contributed by atoms with E-state index in [2.05, 4.69) is 37.1 Å². The van der Waals surface area contributed by atoms with E-state index in [1.165, 1.54) is 11.1 Å². The Hall–Kier alpha value is -0.890. The van der Waals surface area contributed by atoms with Gasteiger partial charge in [0, 0.05) is 18.4 Å². The molecule has 0 saturated carbocycles. The molecule has 1 unspecified atom stereocenters. The van der Waals surface area contributed by atoms with Gasteiger partial charge in [-0.2, -0.15) is 0 Å². The van der Waals surface area contributed by atoms with Gasteiger partial charge in [0.1, 0.15) is 0 Å². The molecule has 0 aliphatic rings. The van der Waals surface area contributed by atoms with Gasteiger partial charge in [0.25, 0.3) is 0 Å². The van der Waals surface area contributed by atoms with Crippen molar-refractivity contribution in [2.75, 3.05) is 6.54 Å². The fourth-order valence-electron chi connectivity index (χ4n) is 1.51. The van der Waals surface area contributed by atoms with Crippen LogP contribution in [0.2, 0.25) is 0 Å². The molecule has 0 amide bonds. The molecule has 1 aromatic rings. The highest BCUT2D eigenvalue weighted by molar-refractivity contribution is 5.19. The molecule has 1 heterocycles. The summed E-state index contributed by atoms with van der Waals surface area (Å²) in [7, 11) is 0. The molecule has 1 aromatic heterocycles. The van der Waals surface area contributed by atoms with Gasteiger partial charge in [-0.3, -0.25) is 4.98 Å². The van der Waals surface area contributed by atoms with E-state index in [0.717, 1.165) is 13.0 Å². The Morgan fingerprint density at radius 2 is 2.15 bits per heavy atom.